The lowest BCUT2D eigenvalue weighted by molar-refractivity contribution is -0.114. The van der Waals surface area contributed by atoms with Gasteiger partial charge in [0, 0.05) is 34.6 Å². The summed E-state index contributed by atoms with van der Waals surface area (Å²) in [5.41, 5.74) is 3.37. The van der Waals surface area contributed by atoms with Crippen LogP contribution in [0.15, 0.2) is 82.6 Å². The van der Waals surface area contributed by atoms with E-state index in [0.29, 0.717) is 34.6 Å². The van der Waals surface area contributed by atoms with Gasteiger partial charge in [-0.05, 0) is 85.8 Å². The molecular weight excluding hydrogens is 538 g/mol. The first kappa shape index (κ1) is 28.5. The number of piperidine rings is 1. The Hall–Kier alpha value is -3.06. The number of hydrogen-bond acceptors (Lipinski definition) is 4. The first-order chi connectivity index (χ1) is 19.5. The van der Waals surface area contributed by atoms with Crippen LogP contribution in [-0.2, 0) is 11.3 Å². The predicted molar refractivity (Wildman–Crippen MR) is 166 cm³/mol. The van der Waals surface area contributed by atoms with Gasteiger partial charge in [0.2, 0.25) is 0 Å². The van der Waals surface area contributed by atoms with Crippen LogP contribution in [-0.4, -0.2) is 42.4 Å². The fourth-order valence-corrected chi connectivity index (χ4v) is 6.79. The number of rotatable bonds is 9. The molecule has 7 heteroatoms. The maximum absolute atomic E-state index is 13.6. The van der Waals surface area contributed by atoms with Gasteiger partial charge in [0.25, 0.3) is 11.8 Å². The van der Waals surface area contributed by atoms with Crippen LogP contribution in [0.1, 0.15) is 60.5 Å². The van der Waals surface area contributed by atoms with Gasteiger partial charge in [-0.1, -0.05) is 73.1 Å². The second kappa shape index (κ2) is 13.5. The van der Waals surface area contributed by atoms with Crippen molar-refractivity contribution in [2.24, 2.45) is 0 Å². The number of carbonyl (C=O) groups excluding carboxylic acids is 2. The predicted octanol–water partition coefficient (Wildman–Crippen LogP) is 7.40. The third-order valence-electron chi connectivity index (χ3n) is 7.66. The fraction of sp³-hybridized carbons (Fsp3) is 0.333. The third-order valence-corrected chi connectivity index (χ3v) is 8.97. The van der Waals surface area contributed by atoms with Crippen LogP contribution in [0.5, 0.6) is 0 Å². The molecule has 0 aliphatic carbocycles. The van der Waals surface area contributed by atoms with Crippen LogP contribution in [0.2, 0.25) is 5.02 Å². The van der Waals surface area contributed by atoms with Crippen LogP contribution >= 0.6 is 23.4 Å². The molecular formula is C33H36ClN3O2S. The van der Waals surface area contributed by atoms with Crippen molar-refractivity contribution in [3.05, 3.63) is 99.4 Å². The molecule has 5 rings (SSSR count). The van der Waals surface area contributed by atoms with Crippen molar-refractivity contribution < 1.29 is 9.59 Å². The Morgan fingerprint density at radius 3 is 2.70 bits per heavy atom. The molecule has 1 unspecified atom stereocenters. The van der Waals surface area contributed by atoms with E-state index >= 15 is 0 Å². The van der Waals surface area contributed by atoms with Crippen molar-refractivity contribution in [2.75, 3.05) is 24.5 Å². The first-order valence-electron chi connectivity index (χ1n) is 14.2. The topological polar surface area (TPSA) is 52.7 Å². The smallest absolute Gasteiger partial charge is 0.265 e. The third kappa shape index (κ3) is 6.98. The Morgan fingerprint density at radius 2 is 1.90 bits per heavy atom. The zero-order valence-corrected chi connectivity index (χ0v) is 24.5. The zero-order chi connectivity index (χ0) is 27.9. The molecule has 0 aromatic heterocycles. The van der Waals surface area contributed by atoms with E-state index in [0.717, 1.165) is 34.7 Å². The number of nitrogens with one attached hydrogen (secondary N) is 1. The van der Waals surface area contributed by atoms with Gasteiger partial charge in [-0.3, -0.25) is 9.59 Å². The molecule has 0 radical (unpaired) electrons. The van der Waals surface area contributed by atoms with Gasteiger partial charge in [0.05, 0.1) is 17.1 Å². The molecule has 0 saturated carbocycles. The first-order valence-corrected chi connectivity index (χ1v) is 15.4. The summed E-state index contributed by atoms with van der Waals surface area (Å²) >= 11 is 7.67. The number of nitrogens with zero attached hydrogens (tertiary/aromatic N) is 2. The van der Waals surface area contributed by atoms with E-state index in [-0.39, 0.29) is 11.8 Å². The summed E-state index contributed by atoms with van der Waals surface area (Å²) in [6.45, 7) is 5.58. The molecule has 208 valence electrons. The summed E-state index contributed by atoms with van der Waals surface area (Å²) in [5.74, 6) is -0.112. The van der Waals surface area contributed by atoms with E-state index in [1.165, 1.54) is 44.0 Å². The molecule has 2 aliphatic heterocycles. The molecule has 1 fully saturated rings. The number of hydrogen-bond donors (Lipinski definition) is 1. The van der Waals surface area contributed by atoms with Crippen molar-refractivity contribution >= 4 is 46.9 Å². The lowest BCUT2D eigenvalue weighted by atomic mass is 10.00. The van der Waals surface area contributed by atoms with Crippen LogP contribution in [0, 0.1) is 0 Å². The van der Waals surface area contributed by atoms with Gasteiger partial charge < -0.3 is 15.1 Å². The van der Waals surface area contributed by atoms with Crippen LogP contribution in [0.4, 0.5) is 5.69 Å². The highest BCUT2D eigenvalue weighted by molar-refractivity contribution is 8.04. The quantitative estimate of drug-likeness (QED) is 0.214. The van der Waals surface area contributed by atoms with Gasteiger partial charge in [0.15, 0.2) is 0 Å². The highest BCUT2D eigenvalue weighted by Gasteiger charge is 2.29. The van der Waals surface area contributed by atoms with Crippen molar-refractivity contribution in [1.82, 2.24) is 10.2 Å². The molecule has 2 amide bonds. The van der Waals surface area contributed by atoms with Crippen LogP contribution in [0.25, 0.3) is 6.08 Å². The van der Waals surface area contributed by atoms with Gasteiger partial charge >= 0.3 is 0 Å². The summed E-state index contributed by atoms with van der Waals surface area (Å²) in [5, 5.41) is 3.72. The molecule has 1 saturated heterocycles. The molecule has 2 aliphatic rings. The Balaban J connectivity index is 1.22. The summed E-state index contributed by atoms with van der Waals surface area (Å²) in [4.78, 5) is 32.4. The number of benzene rings is 3. The van der Waals surface area contributed by atoms with E-state index in [4.69, 9.17) is 11.6 Å². The SMILES string of the molecule is CCC1CCCCN1CCCNC(=O)c1ccc(/C=C2\Sc3ccccc3N(Cc3cccc(Cl)c3)C2=O)cc1. The molecule has 3 aromatic carbocycles. The van der Waals surface area contributed by atoms with Gasteiger partial charge in [0.1, 0.15) is 0 Å². The number of halogens is 1. The molecule has 0 bridgehead atoms. The second-order valence-electron chi connectivity index (χ2n) is 10.4. The molecule has 3 aromatic rings. The number of amides is 2. The molecule has 1 atom stereocenters. The summed E-state index contributed by atoms with van der Waals surface area (Å²) < 4.78 is 0. The monoisotopic (exact) mass is 573 g/mol. The summed E-state index contributed by atoms with van der Waals surface area (Å²) in [6, 6.07) is 23.7. The number of fused-ring (bicyclic) bond motifs is 1. The minimum absolute atomic E-state index is 0.0514. The van der Waals surface area contributed by atoms with E-state index in [9.17, 15) is 9.59 Å². The van der Waals surface area contributed by atoms with Crippen LogP contribution < -0.4 is 10.2 Å². The standard InChI is InChI=1S/C33H36ClN3O2S/c1-2-28-11-5-6-19-36(28)20-8-18-35-32(38)26-16-14-24(15-17-26)22-31-33(39)37(23-25-9-7-10-27(34)21-25)29-12-3-4-13-30(29)40-31/h3-4,7,9-10,12-17,21-22,28H,2,5-6,8,11,18-20,23H2,1H3,(H,35,38)/b31-22-. The lowest BCUT2D eigenvalue weighted by Gasteiger charge is -2.35. The van der Waals surface area contributed by atoms with E-state index in [1.807, 2.05) is 78.9 Å². The average molecular weight is 574 g/mol. The van der Waals surface area contributed by atoms with Gasteiger partial charge in [-0.2, -0.15) is 0 Å². The molecule has 2 heterocycles. The molecule has 0 spiro atoms. The Kier molecular flexibility index (Phi) is 9.63. The zero-order valence-electron chi connectivity index (χ0n) is 22.9. The summed E-state index contributed by atoms with van der Waals surface area (Å²) in [7, 11) is 0. The average Bonchev–Trinajstić information content (AvgIpc) is 2.98. The summed E-state index contributed by atoms with van der Waals surface area (Å²) in [6.07, 6.45) is 7.96. The maximum Gasteiger partial charge on any atom is 0.265 e. The largest absolute Gasteiger partial charge is 0.352 e. The highest BCUT2D eigenvalue weighted by Crippen LogP contribution is 2.42. The number of anilines is 1. The van der Waals surface area contributed by atoms with Crippen LogP contribution in [0.3, 0.4) is 0 Å². The van der Waals surface area contributed by atoms with Gasteiger partial charge in [-0.15, -0.1) is 0 Å². The minimum Gasteiger partial charge on any atom is -0.352 e. The number of likely N-dealkylation sites (tertiary alicyclic amines) is 1. The van der Waals surface area contributed by atoms with Crippen molar-refractivity contribution in [1.29, 1.82) is 0 Å². The van der Waals surface area contributed by atoms with Crippen molar-refractivity contribution in [3.8, 4) is 0 Å². The minimum atomic E-state index is -0.0605. The van der Waals surface area contributed by atoms with E-state index in [1.54, 1.807) is 4.90 Å². The molecule has 1 N–H and O–H groups in total. The lowest BCUT2D eigenvalue weighted by Crippen LogP contribution is -2.40. The fourth-order valence-electron chi connectivity index (χ4n) is 5.52. The molecule has 5 nitrogen and oxygen atoms in total. The second-order valence-corrected chi connectivity index (χ2v) is 11.9. The Morgan fingerprint density at radius 1 is 1.07 bits per heavy atom. The van der Waals surface area contributed by atoms with E-state index < -0.39 is 0 Å². The molecule has 40 heavy (non-hydrogen) atoms. The van der Waals surface area contributed by atoms with Crippen molar-refractivity contribution in [3.63, 3.8) is 0 Å². The van der Waals surface area contributed by atoms with Gasteiger partial charge in [-0.25, -0.2) is 0 Å². The number of thioether (sulfide) groups is 1. The van der Waals surface area contributed by atoms with Crippen molar-refractivity contribution in [2.45, 2.75) is 56.5 Å². The number of para-hydroxylation sites is 1. The maximum atomic E-state index is 13.6. The van der Waals surface area contributed by atoms with E-state index in [2.05, 4.69) is 17.1 Å². The normalized spacial score (nSPS) is 18.6. The highest BCUT2D eigenvalue weighted by atomic mass is 35.5. The Bertz CT molecular complexity index is 1370. The number of carbonyl (C=O) groups is 2. The Labute approximate surface area is 246 Å².